The molecule has 92 valence electrons. The molecule has 1 unspecified atom stereocenters. The summed E-state index contributed by atoms with van der Waals surface area (Å²) in [5.74, 6) is 1.40. The number of benzene rings is 1. The topological polar surface area (TPSA) is 29.5 Å². The largest absolute Gasteiger partial charge is 0.497 e. The fourth-order valence-electron chi connectivity index (χ4n) is 2.09. The molecule has 3 nitrogen and oxygen atoms in total. The maximum atomic E-state index is 12.3. The van der Waals surface area contributed by atoms with Crippen LogP contribution in [-0.2, 0) is 0 Å². The third-order valence-corrected chi connectivity index (χ3v) is 3.81. The lowest BCUT2D eigenvalue weighted by molar-refractivity contribution is 0.0787. The molecule has 1 saturated heterocycles. The molecule has 0 N–H and O–H groups in total. The van der Waals surface area contributed by atoms with Gasteiger partial charge in [0.1, 0.15) is 5.75 Å². The molecule has 1 aliphatic heterocycles. The van der Waals surface area contributed by atoms with Crippen LogP contribution in [0.1, 0.15) is 23.7 Å². The summed E-state index contributed by atoms with van der Waals surface area (Å²) < 4.78 is 5.97. The van der Waals surface area contributed by atoms with Gasteiger partial charge in [-0.25, -0.2) is 0 Å². The molecule has 2 rings (SSSR count). The molecular weight excluding hydrogens is 282 g/mol. The lowest BCUT2D eigenvalue weighted by atomic mass is 10.1. The van der Waals surface area contributed by atoms with Gasteiger partial charge >= 0.3 is 0 Å². The van der Waals surface area contributed by atoms with Gasteiger partial charge in [0.05, 0.1) is 12.7 Å². The van der Waals surface area contributed by atoms with Gasteiger partial charge in [-0.1, -0.05) is 6.92 Å². The number of nitrogens with zero attached hydrogens (tertiary/aromatic N) is 1. The van der Waals surface area contributed by atoms with E-state index in [4.69, 9.17) is 4.74 Å². The maximum Gasteiger partial charge on any atom is 0.255 e. The molecule has 0 aliphatic carbocycles. The van der Waals surface area contributed by atoms with E-state index < -0.39 is 0 Å². The minimum absolute atomic E-state index is 0.0834. The predicted octanol–water partition coefficient (Wildman–Crippen LogP) is 2.94. The van der Waals surface area contributed by atoms with E-state index in [1.165, 1.54) is 0 Å². The standard InChI is InChI=1S/C13H16BrNO2/c1-9-5-6-15(8-9)13(16)11-7-10(17-2)3-4-12(11)14/h3-4,7,9H,5-6,8H2,1-2H3. The second kappa shape index (κ2) is 5.08. The van der Waals surface area contributed by atoms with Crippen LogP contribution in [0.5, 0.6) is 5.75 Å². The molecule has 0 radical (unpaired) electrons. The van der Waals surface area contributed by atoms with Crippen LogP contribution in [0.15, 0.2) is 22.7 Å². The number of methoxy groups -OCH3 is 1. The zero-order chi connectivity index (χ0) is 12.4. The smallest absolute Gasteiger partial charge is 0.255 e. The van der Waals surface area contributed by atoms with Crippen LogP contribution in [-0.4, -0.2) is 31.0 Å². The fourth-order valence-corrected chi connectivity index (χ4v) is 2.50. The molecule has 1 heterocycles. The van der Waals surface area contributed by atoms with E-state index in [1.807, 2.05) is 17.0 Å². The molecule has 0 saturated carbocycles. The van der Waals surface area contributed by atoms with Crippen LogP contribution in [0.25, 0.3) is 0 Å². The minimum atomic E-state index is 0.0834. The first-order valence-corrected chi connectivity index (χ1v) is 6.54. The van der Waals surface area contributed by atoms with Crippen molar-refractivity contribution >= 4 is 21.8 Å². The van der Waals surface area contributed by atoms with E-state index in [0.29, 0.717) is 17.2 Å². The quantitative estimate of drug-likeness (QED) is 0.840. The lowest BCUT2D eigenvalue weighted by Gasteiger charge is -2.17. The number of halogens is 1. The summed E-state index contributed by atoms with van der Waals surface area (Å²) >= 11 is 3.42. The van der Waals surface area contributed by atoms with Gasteiger partial charge in [-0.3, -0.25) is 4.79 Å². The summed E-state index contributed by atoms with van der Waals surface area (Å²) in [5.41, 5.74) is 0.679. The highest BCUT2D eigenvalue weighted by Gasteiger charge is 2.25. The van der Waals surface area contributed by atoms with Gasteiger partial charge in [0.2, 0.25) is 0 Å². The van der Waals surface area contributed by atoms with Crippen molar-refractivity contribution in [1.82, 2.24) is 4.90 Å². The Morgan fingerprint density at radius 3 is 2.88 bits per heavy atom. The Morgan fingerprint density at radius 2 is 2.29 bits per heavy atom. The van der Waals surface area contributed by atoms with Gasteiger partial charge in [0.25, 0.3) is 5.91 Å². The Balaban J connectivity index is 2.24. The van der Waals surface area contributed by atoms with Gasteiger partial charge in [0.15, 0.2) is 0 Å². The highest BCUT2D eigenvalue weighted by molar-refractivity contribution is 9.10. The van der Waals surface area contributed by atoms with Gasteiger partial charge in [0, 0.05) is 17.6 Å². The number of hydrogen-bond donors (Lipinski definition) is 0. The molecule has 0 bridgehead atoms. The Kier molecular flexibility index (Phi) is 3.72. The van der Waals surface area contributed by atoms with Crippen molar-refractivity contribution in [1.29, 1.82) is 0 Å². The second-order valence-corrected chi connectivity index (χ2v) is 5.35. The number of likely N-dealkylation sites (tertiary alicyclic amines) is 1. The average molecular weight is 298 g/mol. The van der Waals surface area contributed by atoms with Crippen molar-refractivity contribution in [2.45, 2.75) is 13.3 Å². The summed E-state index contributed by atoms with van der Waals surface area (Å²) in [6, 6.07) is 5.48. The molecule has 1 aromatic rings. The zero-order valence-corrected chi connectivity index (χ0v) is 11.7. The number of ether oxygens (including phenoxy) is 1. The third kappa shape index (κ3) is 2.63. The number of rotatable bonds is 2. The molecule has 17 heavy (non-hydrogen) atoms. The van der Waals surface area contributed by atoms with Crippen molar-refractivity contribution in [2.75, 3.05) is 20.2 Å². The SMILES string of the molecule is COc1ccc(Br)c(C(=O)N2CCC(C)C2)c1. The highest BCUT2D eigenvalue weighted by Crippen LogP contribution is 2.26. The predicted molar refractivity (Wildman–Crippen MR) is 70.4 cm³/mol. The summed E-state index contributed by atoms with van der Waals surface area (Å²) in [4.78, 5) is 14.2. The van der Waals surface area contributed by atoms with E-state index in [0.717, 1.165) is 24.0 Å². The summed E-state index contributed by atoms with van der Waals surface area (Å²) in [5, 5.41) is 0. The molecule has 1 amide bonds. The number of amides is 1. The van der Waals surface area contributed by atoms with Gasteiger partial charge in [-0.2, -0.15) is 0 Å². The zero-order valence-electron chi connectivity index (χ0n) is 10.1. The average Bonchev–Trinajstić information content (AvgIpc) is 2.76. The molecule has 4 heteroatoms. The van der Waals surface area contributed by atoms with E-state index >= 15 is 0 Å². The van der Waals surface area contributed by atoms with Crippen LogP contribution < -0.4 is 4.74 Å². The first-order valence-electron chi connectivity index (χ1n) is 5.74. The summed E-state index contributed by atoms with van der Waals surface area (Å²) in [6.07, 6.45) is 1.09. The first kappa shape index (κ1) is 12.4. The van der Waals surface area contributed by atoms with Gasteiger partial charge in [-0.05, 0) is 46.5 Å². The van der Waals surface area contributed by atoms with Crippen molar-refractivity contribution in [2.24, 2.45) is 5.92 Å². The van der Waals surface area contributed by atoms with Gasteiger partial charge < -0.3 is 9.64 Å². The molecular formula is C13H16BrNO2. The molecule has 1 fully saturated rings. The van der Waals surface area contributed by atoms with E-state index in [9.17, 15) is 4.79 Å². The van der Waals surface area contributed by atoms with Crippen molar-refractivity contribution in [3.63, 3.8) is 0 Å². The lowest BCUT2D eigenvalue weighted by Crippen LogP contribution is -2.28. The van der Waals surface area contributed by atoms with Crippen LogP contribution in [0.2, 0.25) is 0 Å². The molecule has 1 atom stereocenters. The van der Waals surface area contributed by atoms with Crippen LogP contribution >= 0.6 is 15.9 Å². The van der Waals surface area contributed by atoms with Crippen LogP contribution in [0, 0.1) is 5.92 Å². The van der Waals surface area contributed by atoms with Crippen molar-refractivity contribution < 1.29 is 9.53 Å². The normalized spacial score (nSPS) is 19.5. The van der Waals surface area contributed by atoms with Gasteiger partial charge in [-0.15, -0.1) is 0 Å². The Labute approximate surface area is 110 Å². The summed E-state index contributed by atoms with van der Waals surface area (Å²) in [7, 11) is 1.61. The fraction of sp³-hybridized carbons (Fsp3) is 0.462. The van der Waals surface area contributed by atoms with Crippen LogP contribution in [0.4, 0.5) is 0 Å². The molecule has 1 aromatic carbocycles. The Morgan fingerprint density at radius 1 is 1.53 bits per heavy atom. The van der Waals surface area contributed by atoms with E-state index in [2.05, 4.69) is 22.9 Å². The second-order valence-electron chi connectivity index (χ2n) is 4.49. The van der Waals surface area contributed by atoms with Crippen molar-refractivity contribution in [3.8, 4) is 5.75 Å². The molecule has 0 aromatic heterocycles. The number of hydrogen-bond acceptors (Lipinski definition) is 2. The van der Waals surface area contributed by atoms with E-state index in [1.54, 1.807) is 13.2 Å². The highest BCUT2D eigenvalue weighted by atomic mass is 79.9. The van der Waals surface area contributed by atoms with Crippen molar-refractivity contribution in [3.05, 3.63) is 28.2 Å². The number of carbonyl (C=O) groups is 1. The van der Waals surface area contributed by atoms with E-state index in [-0.39, 0.29) is 5.91 Å². The van der Waals surface area contributed by atoms with Crippen LogP contribution in [0.3, 0.4) is 0 Å². The monoisotopic (exact) mass is 297 g/mol. The summed E-state index contributed by atoms with van der Waals surface area (Å²) in [6.45, 7) is 3.88. The number of carbonyl (C=O) groups excluding carboxylic acids is 1. The minimum Gasteiger partial charge on any atom is -0.497 e. The molecule has 0 spiro atoms. The Bertz CT molecular complexity index is 433. The third-order valence-electron chi connectivity index (χ3n) is 3.12. The first-order chi connectivity index (χ1) is 8.11. The maximum absolute atomic E-state index is 12.3. The molecule has 1 aliphatic rings. The Hall–Kier alpha value is -1.03.